The lowest BCUT2D eigenvalue weighted by molar-refractivity contribution is -0.144. The number of halogens is 1. The average molecular weight is 653 g/mol. The molecule has 4 N–H and O–H groups in total. The zero-order chi connectivity index (χ0) is 31.2. The molecule has 0 unspecified atom stereocenters. The highest BCUT2D eigenvalue weighted by molar-refractivity contribution is 7.89. The summed E-state index contributed by atoms with van der Waals surface area (Å²) in [6, 6.07) is 10.7. The monoisotopic (exact) mass is 652 g/mol. The van der Waals surface area contributed by atoms with E-state index in [2.05, 4.69) is 15.1 Å². The zero-order valence-corrected chi connectivity index (χ0v) is 27.1. The number of nitrogens with two attached hydrogens (primary N) is 1. The molecule has 0 aliphatic carbocycles. The van der Waals surface area contributed by atoms with Crippen LogP contribution in [0.15, 0.2) is 52.5 Å². The first-order valence-corrected chi connectivity index (χ1v) is 16.3. The summed E-state index contributed by atoms with van der Waals surface area (Å²) in [5, 5.41) is 8.05. The topological polar surface area (TPSA) is 163 Å². The summed E-state index contributed by atoms with van der Waals surface area (Å²) in [5.74, 6) is 3.96. The van der Waals surface area contributed by atoms with E-state index >= 15 is 0 Å². The maximum absolute atomic E-state index is 13.8. The van der Waals surface area contributed by atoms with Gasteiger partial charge in [-0.1, -0.05) is 43.7 Å². The number of sulfonamides is 1. The van der Waals surface area contributed by atoms with Gasteiger partial charge in [-0.15, -0.1) is 12.4 Å². The third-order valence-electron chi connectivity index (χ3n) is 7.37. The Balaban J connectivity index is 0.00000675. The summed E-state index contributed by atoms with van der Waals surface area (Å²) in [5.41, 5.74) is 0. The second kappa shape index (κ2) is 18.4. The smallest absolute Gasteiger partial charge is 0.307 e. The van der Waals surface area contributed by atoms with Crippen molar-refractivity contribution in [2.45, 2.75) is 63.3 Å². The van der Waals surface area contributed by atoms with Crippen LogP contribution in [0.25, 0.3) is 10.8 Å². The Kier molecular flexibility index (Phi) is 15.4. The van der Waals surface area contributed by atoms with Crippen molar-refractivity contribution in [2.24, 2.45) is 16.9 Å². The lowest BCUT2D eigenvalue weighted by atomic mass is 9.98. The molecular weight excluding hydrogens is 608 g/mol. The van der Waals surface area contributed by atoms with Gasteiger partial charge in [-0.2, -0.15) is 9.82 Å². The molecule has 0 bridgehead atoms. The number of amides is 2. The standard InChI is InChI=1S/C30H44N6O6S.ClH/c1-3-5-16-36(17-14-29(38)42-4-2)30(39)27(19-28(37)32-20-23-9-8-15-35(21-23)22-33-31)34-43(40,41)26-13-12-24-10-6-7-11-25(24)18-26;/h6-7,10-13,18,22-23,27,34H,3-5,8-9,14-17,19-21,31H2,1-2H3,(H,32,37);1H/t23-,27-;/m0./s1. The molecule has 1 heterocycles. The van der Waals surface area contributed by atoms with E-state index in [-0.39, 0.29) is 42.8 Å². The maximum atomic E-state index is 13.8. The molecule has 0 spiro atoms. The van der Waals surface area contributed by atoms with Crippen LogP contribution in [-0.2, 0) is 29.1 Å². The van der Waals surface area contributed by atoms with E-state index in [1.807, 2.05) is 30.0 Å². The average Bonchev–Trinajstić information content (AvgIpc) is 2.99. The summed E-state index contributed by atoms with van der Waals surface area (Å²) in [6.45, 7) is 6.12. The molecule has 2 atom stereocenters. The molecule has 1 aliphatic heterocycles. The van der Waals surface area contributed by atoms with Gasteiger partial charge in [0.2, 0.25) is 21.8 Å². The number of esters is 1. The summed E-state index contributed by atoms with van der Waals surface area (Å²) in [6.07, 6.45) is 4.40. The number of benzene rings is 2. The predicted octanol–water partition coefficient (Wildman–Crippen LogP) is 2.61. The molecule has 244 valence electrons. The molecule has 0 radical (unpaired) electrons. The Morgan fingerprint density at radius 2 is 1.91 bits per heavy atom. The Labute approximate surface area is 266 Å². The number of rotatable bonds is 16. The Morgan fingerprint density at radius 1 is 1.16 bits per heavy atom. The molecule has 1 saturated heterocycles. The van der Waals surface area contributed by atoms with Crippen molar-refractivity contribution in [3.8, 4) is 0 Å². The SMILES string of the molecule is CCCCN(CCC(=O)OCC)C(=O)[C@H](CC(=O)NC[C@@H]1CCCN(C=NN)C1)NS(=O)(=O)c1ccc2ccccc2c1.Cl. The fourth-order valence-corrected chi connectivity index (χ4v) is 6.33. The fourth-order valence-electron chi connectivity index (χ4n) is 5.11. The first-order valence-electron chi connectivity index (χ1n) is 14.9. The predicted molar refractivity (Wildman–Crippen MR) is 173 cm³/mol. The molecule has 1 aliphatic rings. The minimum atomic E-state index is -4.19. The summed E-state index contributed by atoms with van der Waals surface area (Å²) in [7, 11) is -4.19. The first-order chi connectivity index (χ1) is 20.7. The third-order valence-corrected chi connectivity index (χ3v) is 8.84. The van der Waals surface area contributed by atoms with Crippen LogP contribution in [0.2, 0.25) is 0 Å². The lowest BCUT2D eigenvalue weighted by Crippen LogP contribution is -2.51. The van der Waals surface area contributed by atoms with Crippen LogP contribution in [0.1, 0.15) is 52.4 Å². The number of carbonyl (C=O) groups excluding carboxylic acids is 3. The number of hydrogen-bond donors (Lipinski definition) is 3. The van der Waals surface area contributed by atoms with Crippen molar-refractivity contribution in [1.29, 1.82) is 0 Å². The largest absolute Gasteiger partial charge is 0.466 e. The molecule has 12 nitrogen and oxygen atoms in total. The zero-order valence-electron chi connectivity index (χ0n) is 25.4. The van der Waals surface area contributed by atoms with Crippen LogP contribution >= 0.6 is 12.4 Å². The minimum absolute atomic E-state index is 0. The third kappa shape index (κ3) is 11.3. The number of ether oxygens (including phenoxy) is 1. The van der Waals surface area contributed by atoms with Crippen LogP contribution < -0.4 is 15.9 Å². The van der Waals surface area contributed by atoms with Crippen molar-refractivity contribution >= 4 is 57.3 Å². The van der Waals surface area contributed by atoms with Gasteiger partial charge in [-0.05, 0) is 55.0 Å². The van der Waals surface area contributed by atoms with E-state index in [1.54, 1.807) is 25.4 Å². The van der Waals surface area contributed by atoms with E-state index in [1.165, 1.54) is 17.0 Å². The number of unbranched alkanes of at least 4 members (excludes halogenated alkanes) is 1. The minimum Gasteiger partial charge on any atom is -0.466 e. The molecule has 2 amide bonds. The molecule has 3 rings (SSSR count). The number of hydrogen-bond acceptors (Lipinski definition) is 8. The number of hydrazone groups is 1. The molecule has 0 aromatic heterocycles. The molecule has 14 heteroatoms. The molecule has 44 heavy (non-hydrogen) atoms. The second-order valence-electron chi connectivity index (χ2n) is 10.7. The second-order valence-corrected chi connectivity index (χ2v) is 12.4. The summed E-state index contributed by atoms with van der Waals surface area (Å²) < 4.78 is 34.6. The number of fused-ring (bicyclic) bond motifs is 1. The van der Waals surface area contributed by atoms with Gasteiger partial charge in [0.25, 0.3) is 0 Å². The van der Waals surface area contributed by atoms with Crippen LogP contribution in [0.3, 0.4) is 0 Å². The highest BCUT2D eigenvalue weighted by Gasteiger charge is 2.32. The lowest BCUT2D eigenvalue weighted by Gasteiger charge is -2.31. The van der Waals surface area contributed by atoms with Gasteiger partial charge in [0, 0.05) is 32.7 Å². The maximum Gasteiger partial charge on any atom is 0.307 e. The fraction of sp³-hybridized carbons (Fsp3) is 0.533. The molecule has 2 aromatic rings. The normalized spacial score (nSPS) is 15.9. The number of nitrogens with one attached hydrogen (secondary N) is 2. The number of carbonyl (C=O) groups is 3. The van der Waals surface area contributed by atoms with E-state index in [0.29, 0.717) is 26.1 Å². The van der Waals surface area contributed by atoms with Crippen LogP contribution in [-0.4, -0.2) is 87.7 Å². The van der Waals surface area contributed by atoms with Crippen molar-refractivity contribution in [2.75, 3.05) is 39.3 Å². The van der Waals surface area contributed by atoms with Gasteiger partial charge in [0.1, 0.15) is 12.4 Å². The quantitative estimate of drug-likeness (QED) is 0.0819. The van der Waals surface area contributed by atoms with Crippen molar-refractivity contribution in [3.63, 3.8) is 0 Å². The number of nitrogens with zero attached hydrogens (tertiary/aromatic N) is 3. The number of likely N-dealkylation sites (tertiary alicyclic amines) is 1. The highest BCUT2D eigenvalue weighted by atomic mass is 35.5. The molecule has 1 fully saturated rings. The summed E-state index contributed by atoms with van der Waals surface area (Å²) >= 11 is 0. The van der Waals surface area contributed by atoms with Gasteiger partial charge in [0.15, 0.2) is 0 Å². The molecule has 0 saturated carbocycles. The van der Waals surface area contributed by atoms with Gasteiger partial charge in [0.05, 0.1) is 24.3 Å². The Bertz CT molecular complexity index is 1370. The Morgan fingerprint density at radius 3 is 2.61 bits per heavy atom. The van der Waals surface area contributed by atoms with E-state index in [9.17, 15) is 22.8 Å². The van der Waals surface area contributed by atoms with Gasteiger partial charge >= 0.3 is 5.97 Å². The van der Waals surface area contributed by atoms with Crippen LogP contribution in [0, 0.1) is 5.92 Å². The van der Waals surface area contributed by atoms with Crippen LogP contribution in [0.5, 0.6) is 0 Å². The van der Waals surface area contributed by atoms with Gasteiger partial charge < -0.3 is 25.7 Å². The van der Waals surface area contributed by atoms with Crippen LogP contribution in [0.4, 0.5) is 0 Å². The first kappa shape index (κ1) is 36.8. The highest BCUT2D eigenvalue weighted by Crippen LogP contribution is 2.20. The van der Waals surface area contributed by atoms with Crippen molar-refractivity contribution in [1.82, 2.24) is 19.8 Å². The van der Waals surface area contributed by atoms with E-state index < -0.39 is 40.3 Å². The van der Waals surface area contributed by atoms with Crippen molar-refractivity contribution < 1.29 is 27.5 Å². The molecule has 2 aromatic carbocycles. The van der Waals surface area contributed by atoms with Gasteiger partial charge in [-0.25, -0.2) is 8.42 Å². The van der Waals surface area contributed by atoms with E-state index in [4.69, 9.17) is 10.6 Å². The van der Waals surface area contributed by atoms with E-state index in [0.717, 1.165) is 36.6 Å². The number of piperidine rings is 1. The van der Waals surface area contributed by atoms with Crippen molar-refractivity contribution in [3.05, 3.63) is 42.5 Å². The Hall–Kier alpha value is -3.42. The summed E-state index contributed by atoms with van der Waals surface area (Å²) in [4.78, 5) is 42.4. The molecular formula is C30H45ClN6O6S. The van der Waals surface area contributed by atoms with Gasteiger partial charge in [-0.3, -0.25) is 14.4 Å².